The summed E-state index contributed by atoms with van der Waals surface area (Å²) in [5.41, 5.74) is -1.66. The Morgan fingerprint density at radius 1 is 1.27 bits per heavy atom. The Morgan fingerprint density at radius 3 is 1.82 bits per heavy atom. The third-order valence-corrected chi connectivity index (χ3v) is 2.50. The van der Waals surface area contributed by atoms with E-state index in [0.29, 0.717) is 12.8 Å². The van der Waals surface area contributed by atoms with Gasteiger partial charge in [-0.2, -0.15) is 13.2 Å². The molecule has 0 amide bonds. The summed E-state index contributed by atoms with van der Waals surface area (Å²) in [5.74, 6) is -0.215. The van der Waals surface area contributed by atoms with Crippen LogP contribution in [0.25, 0.3) is 0 Å². The van der Waals surface area contributed by atoms with Crippen molar-refractivity contribution >= 4 is 0 Å². The molecule has 1 rings (SSSR count). The summed E-state index contributed by atoms with van der Waals surface area (Å²) >= 11 is 0. The highest BCUT2D eigenvalue weighted by molar-refractivity contribution is 5.01. The highest BCUT2D eigenvalue weighted by Crippen LogP contribution is 2.47. The van der Waals surface area contributed by atoms with Crippen LogP contribution in [0.15, 0.2) is 0 Å². The van der Waals surface area contributed by atoms with Crippen LogP contribution in [0.4, 0.5) is 13.2 Å². The molecular weight excluding hydrogens is 155 g/mol. The van der Waals surface area contributed by atoms with Gasteiger partial charge in [-0.3, -0.25) is 0 Å². The van der Waals surface area contributed by atoms with Crippen molar-refractivity contribution in [2.75, 3.05) is 7.05 Å². The first-order valence-corrected chi connectivity index (χ1v) is 3.67. The van der Waals surface area contributed by atoms with E-state index in [-0.39, 0.29) is 5.92 Å². The fourth-order valence-electron chi connectivity index (χ4n) is 1.24. The van der Waals surface area contributed by atoms with E-state index in [0.717, 1.165) is 0 Å². The number of alkyl halides is 3. The Hall–Kier alpha value is -0.250. The van der Waals surface area contributed by atoms with E-state index in [4.69, 9.17) is 0 Å². The van der Waals surface area contributed by atoms with Crippen LogP contribution in [0.3, 0.4) is 0 Å². The second-order valence-corrected chi connectivity index (χ2v) is 3.22. The largest absolute Gasteiger partial charge is 0.406 e. The highest BCUT2D eigenvalue weighted by Gasteiger charge is 2.58. The van der Waals surface area contributed by atoms with Crippen LogP contribution in [0.5, 0.6) is 0 Å². The van der Waals surface area contributed by atoms with Crippen molar-refractivity contribution in [3.05, 3.63) is 0 Å². The van der Waals surface area contributed by atoms with Crippen LogP contribution >= 0.6 is 0 Å². The summed E-state index contributed by atoms with van der Waals surface area (Å²) in [6.45, 7) is 1.23. The van der Waals surface area contributed by atoms with Crippen LogP contribution in [-0.4, -0.2) is 18.8 Å². The van der Waals surface area contributed by atoms with E-state index in [1.54, 1.807) is 0 Å². The maximum atomic E-state index is 12.3. The van der Waals surface area contributed by atoms with Crippen LogP contribution < -0.4 is 5.32 Å². The lowest BCUT2D eigenvalue weighted by atomic mass is 9.95. The minimum atomic E-state index is -4.12. The van der Waals surface area contributed by atoms with Crippen LogP contribution in [0.1, 0.15) is 19.8 Å². The van der Waals surface area contributed by atoms with Gasteiger partial charge in [0.2, 0.25) is 0 Å². The summed E-state index contributed by atoms with van der Waals surface area (Å²) < 4.78 is 37.0. The Labute approximate surface area is 64.0 Å². The lowest BCUT2D eigenvalue weighted by molar-refractivity contribution is -0.196. The maximum absolute atomic E-state index is 12.3. The van der Waals surface area contributed by atoms with Gasteiger partial charge in [-0.1, -0.05) is 0 Å². The lowest BCUT2D eigenvalue weighted by Crippen LogP contribution is -2.54. The Kier molecular flexibility index (Phi) is 1.90. The van der Waals surface area contributed by atoms with Crippen molar-refractivity contribution < 1.29 is 13.2 Å². The molecule has 1 unspecified atom stereocenters. The monoisotopic (exact) mass is 167 g/mol. The summed E-state index contributed by atoms with van der Waals surface area (Å²) in [6.07, 6.45) is -2.74. The third kappa shape index (κ3) is 1.36. The number of halogens is 3. The van der Waals surface area contributed by atoms with E-state index in [9.17, 15) is 13.2 Å². The molecule has 1 nitrogen and oxygen atoms in total. The summed E-state index contributed by atoms with van der Waals surface area (Å²) in [7, 11) is 1.37. The second-order valence-electron chi connectivity index (χ2n) is 3.22. The minimum Gasteiger partial charge on any atom is -0.307 e. The van der Waals surface area contributed by atoms with E-state index < -0.39 is 11.7 Å². The van der Waals surface area contributed by atoms with Crippen molar-refractivity contribution in [3.8, 4) is 0 Å². The van der Waals surface area contributed by atoms with Gasteiger partial charge in [-0.05, 0) is 32.7 Å². The molecule has 11 heavy (non-hydrogen) atoms. The molecule has 0 aliphatic heterocycles. The van der Waals surface area contributed by atoms with E-state index in [1.165, 1.54) is 14.0 Å². The van der Waals surface area contributed by atoms with Crippen molar-refractivity contribution in [3.63, 3.8) is 0 Å². The minimum absolute atomic E-state index is 0.215. The number of rotatable bonds is 2. The molecule has 1 aliphatic carbocycles. The topological polar surface area (TPSA) is 12.0 Å². The average molecular weight is 167 g/mol. The predicted molar refractivity (Wildman–Crippen MR) is 36.2 cm³/mol. The molecule has 1 saturated carbocycles. The molecule has 4 heteroatoms. The number of nitrogens with one attached hydrogen (secondary N) is 1. The van der Waals surface area contributed by atoms with E-state index in [1.807, 2.05) is 0 Å². The van der Waals surface area contributed by atoms with Gasteiger partial charge < -0.3 is 5.32 Å². The second kappa shape index (κ2) is 2.37. The molecular formula is C7H12F3N. The maximum Gasteiger partial charge on any atom is 0.406 e. The zero-order valence-corrected chi connectivity index (χ0v) is 6.63. The molecule has 0 aromatic carbocycles. The average Bonchev–Trinajstić information content (AvgIpc) is 2.64. The predicted octanol–water partition coefficient (Wildman–Crippen LogP) is 1.94. The van der Waals surface area contributed by atoms with Gasteiger partial charge in [0.15, 0.2) is 0 Å². The Bertz CT molecular complexity index is 150. The van der Waals surface area contributed by atoms with Crippen LogP contribution in [0, 0.1) is 5.92 Å². The highest BCUT2D eigenvalue weighted by atomic mass is 19.4. The molecule has 1 fully saturated rings. The molecule has 0 bridgehead atoms. The first-order chi connectivity index (χ1) is 4.92. The first kappa shape index (κ1) is 8.84. The van der Waals surface area contributed by atoms with Crippen molar-refractivity contribution in [2.24, 2.45) is 5.92 Å². The SMILES string of the molecule is CNC(C)(C1CC1)C(F)(F)F. The number of hydrogen-bond donors (Lipinski definition) is 1. The molecule has 1 atom stereocenters. The first-order valence-electron chi connectivity index (χ1n) is 3.67. The van der Waals surface area contributed by atoms with Crippen LogP contribution in [-0.2, 0) is 0 Å². The number of hydrogen-bond acceptors (Lipinski definition) is 1. The zero-order valence-electron chi connectivity index (χ0n) is 6.63. The normalized spacial score (nSPS) is 24.8. The smallest absolute Gasteiger partial charge is 0.307 e. The van der Waals surface area contributed by atoms with Crippen LogP contribution in [0.2, 0.25) is 0 Å². The summed E-state index contributed by atoms with van der Waals surface area (Å²) in [5, 5.41) is 2.36. The molecule has 0 heterocycles. The van der Waals surface area contributed by atoms with Gasteiger partial charge in [0.05, 0.1) is 0 Å². The third-order valence-electron chi connectivity index (χ3n) is 2.50. The molecule has 0 aromatic rings. The van der Waals surface area contributed by atoms with E-state index in [2.05, 4.69) is 5.32 Å². The molecule has 0 radical (unpaired) electrons. The zero-order chi connectivity index (χ0) is 8.70. The summed E-state index contributed by atoms with van der Waals surface area (Å²) in [4.78, 5) is 0. The Morgan fingerprint density at radius 2 is 1.73 bits per heavy atom. The van der Waals surface area contributed by atoms with Gasteiger partial charge >= 0.3 is 6.18 Å². The molecule has 0 aromatic heterocycles. The van der Waals surface area contributed by atoms with Crippen molar-refractivity contribution in [2.45, 2.75) is 31.5 Å². The molecule has 1 N–H and O–H groups in total. The lowest BCUT2D eigenvalue weighted by Gasteiger charge is -2.31. The van der Waals surface area contributed by atoms with Gasteiger partial charge in [0.25, 0.3) is 0 Å². The standard InChI is InChI=1S/C7H12F3N/c1-6(11-2,5-3-4-5)7(8,9)10/h5,11H,3-4H2,1-2H3. The van der Waals surface area contributed by atoms with Gasteiger partial charge in [-0.15, -0.1) is 0 Å². The van der Waals surface area contributed by atoms with Gasteiger partial charge in [0.1, 0.15) is 5.54 Å². The fraction of sp³-hybridized carbons (Fsp3) is 1.00. The molecule has 0 saturated heterocycles. The van der Waals surface area contributed by atoms with Gasteiger partial charge in [-0.25, -0.2) is 0 Å². The molecule has 66 valence electrons. The van der Waals surface area contributed by atoms with E-state index >= 15 is 0 Å². The fourth-order valence-corrected chi connectivity index (χ4v) is 1.24. The quantitative estimate of drug-likeness (QED) is 0.662. The summed E-state index contributed by atoms with van der Waals surface area (Å²) in [6, 6.07) is 0. The molecule has 1 aliphatic rings. The molecule has 0 spiro atoms. The van der Waals surface area contributed by atoms with Gasteiger partial charge in [0, 0.05) is 0 Å². The van der Waals surface area contributed by atoms with Crippen molar-refractivity contribution in [1.82, 2.24) is 5.32 Å². The van der Waals surface area contributed by atoms with Crippen molar-refractivity contribution in [1.29, 1.82) is 0 Å². The Balaban J connectivity index is 2.73.